The zero-order chi connectivity index (χ0) is 16.8. The number of hydrogen-bond acceptors (Lipinski definition) is 7. The van der Waals surface area contributed by atoms with E-state index in [0.29, 0.717) is 0 Å². The smallest absolute Gasteiger partial charge is 0.387 e. The number of hydrogen-bond donors (Lipinski definition) is 4. The second-order valence-corrected chi connectivity index (χ2v) is 6.08. The molecule has 1 aliphatic rings. The zero-order valence-corrected chi connectivity index (χ0v) is 12.2. The number of ether oxygens (including phenoxy) is 1. The fourth-order valence-electron chi connectivity index (χ4n) is 2.29. The second-order valence-electron chi connectivity index (χ2n) is 4.84. The van der Waals surface area contributed by atoms with Gasteiger partial charge >= 0.3 is 7.82 Å². The van der Waals surface area contributed by atoms with E-state index in [-0.39, 0.29) is 11.2 Å². The van der Waals surface area contributed by atoms with Gasteiger partial charge in [-0.3, -0.25) is 13.9 Å². The van der Waals surface area contributed by atoms with Crippen molar-refractivity contribution in [1.29, 1.82) is 0 Å². The second kappa shape index (κ2) is 5.74. The molecule has 3 heterocycles. The van der Waals surface area contributed by atoms with Crippen LogP contribution in [0.2, 0.25) is 0 Å². The number of H-pyrrole nitrogens is 1. The molecule has 126 valence electrons. The van der Waals surface area contributed by atoms with E-state index in [1.165, 1.54) is 0 Å². The zero-order valence-electron chi connectivity index (χ0n) is 11.3. The van der Waals surface area contributed by atoms with E-state index in [1.807, 2.05) is 0 Å². The number of rotatable bonds is 4. The van der Waals surface area contributed by atoms with Crippen molar-refractivity contribution in [3.05, 3.63) is 23.0 Å². The van der Waals surface area contributed by atoms with Gasteiger partial charge in [-0.1, -0.05) is 0 Å². The Morgan fingerprint density at radius 2 is 2.22 bits per heavy atom. The van der Waals surface area contributed by atoms with Gasteiger partial charge in [-0.25, -0.2) is 18.9 Å². The van der Waals surface area contributed by atoms with Crippen LogP contribution >= 0.6 is 7.82 Å². The molecule has 0 unspecified atom stereocenters. The van der Waals surface area contributed by atoms with E-state index in [1.54, 1.807) is 0 Å². The molecule has 0 radical (unpaired) electrons. The van der Waals surface area contributed by atoms with Crippen molar-refractivity contribution in [1.82, 2.24) is 19.5 Å². The first-order valence-corrected chi connectivity index (χ1v) is 7.89. The number of phosphoric ester groups is 1. The van der Waals surface area contributed by atoms with Gasteiger partial charge in [-0.05, 0) is 0 Å². The molecule has 0 aromatic carbocycles. The summed E-state index contributed by atoms with van der Waals surface area (Å²) in [6.45, 7) is -0.705. The SMILES string of the molecule is O=c1[nH]cnc2c1ncn2[C@@H]1O[C@H](COP(=O)(O)O)[C@@H](O)[C@@H]1F. The van der Waals surface area contributed by atoms with Crippen molar-refractivity contribution in [2.45, 2.75) is 24.6 Å². The largest absolute Gasteiger partial charge is 0.469 e. The Morgan fingerprint density at radius 3 is 2.91 bits per heavy atom. The molecular weight excluding hydrogens is 338 g/mol. The number of aromatic nitrogens is 4. The molecule has 1 aliphatic heterocycles. The maximum Gasteiger partial charge on any atom is 0.469 e. The summed E-state index contributed by atoms with van der Waals surface area (Å²) in [5.41, 5.74) is -0.512. The van der Waals surface area contributed by atoms with Gasteiger partial charge < -0.3 is 24.6 Å². The minimum Gasteiger partial charge on any atom is -0.387 e. The first-order chi connectivity index (χ1) is 10.8. The molecule has 13 heteroatoms. The summed E-state index contributed by atoms with van der Waals surface area (Å²) in [4.78, 5) is 38.9. The van der Waals surface area contributed by atoms with E-state index < -0.39 is 44.6 Å². The fourth-order valence-corrected chi connectivity index (χ4v) is 2.63. The topological polar surface area (TPSA) is 160 Å². The van der Waals surface area contributed by atoms with Crippen LogP contribution in [0.4, 0.5) is 4.39 Å². The highest BCUT2D eigenvalue weighted by molar-refractivity contribution is 7.46. The van der Waals surface area contributed by atoms with Crippen LogP contribution in [0, 0.1) is 0 Å². The summed E-state index contributed by atoms with van der Waals surface area (Å²) in [5.74, 6) is 0. The highest BCUT2D eigenvalue weighted by Crippen LogP contribution is 2.39. The minimum atomic E-state index is -4.78. The van der Waals surface area contributed by atoms with Crippen molar-refractivity contribution in [2.24, 2.45) is 0 Å². The van der Waals surface area contributed by atoms with Gasteiger partial charge in [-0.2, -0.15) is 0 Å². The van der Waals surface area contributed by atoms with Gasteiger partial charge in [0.15, 0.2) is 23.6 Å². The molecule has 2 aromatic rings. The quantitative estimate of drug-likeness (QED) is 0.498. The van der Waals surface area contributed by atoms with Crippen molar-refractivity contribution in [3.63, 3.8) is 0 Å². The van der Waals surface area contributed by atoms with E-state index in [9.17, 15) is 18.9 Å². The average Bonchev–Trinajstić information content (AvgIpc) is 3.01. The van der Waals surface area contributed by atoms with Crippen LogP contribution in [0.3, 0.4) is 0 Å². The van der Waals surface area contributed by atoms with Gasteiger partial charge in [0.2, 0.25) is 0 Å². The van der Waals surface area contributed by atoms with Crippen molar-refractivity contribution in [2.75, 3.05) is 6.61 Å². The molecule has 1 fully saturated rings. The molecule has 11 nitrogen and oxygen atoms in total. The lowest BCUT2D eigenvalue weighted by atomic mass is 10.1. The number of alkyl halides is 1. The molecule has 1 saturated heterocycles. The van der Waals surface area contributed by atoms with Crippen LogP contribution in [-0.4, -0.2) is 59.4 Å². The standard InChI is InChI=1S/C10H12FN4O7P/c11-5-7(16)4(1-21-23(18,19)20)22-10(5)15-3-14-6-8(15)12-2-13-9(6)17/h2-5,7,10,16H,1H2,(H,12,13,17)(H2,18,19,20)/t4-,5+,7-,10-/m1/s1. The molecule has 0 amide bonds. The third-order valence-electron chi connectivity index (χ3n) is 3.34. The number of aliphatic hydroxyl groups excluding tert-OH is 1. The predicted molar refractivity (Wildman–Crippen MR) is 71.0 cm³/mol. The molecule has 3 rings (SSSR count). The van der Waals surface area contributed by atoms with Crippen LogP contribution in [0.15, 0.2) is 17.4 Å². The molecule has 23 heavy (non-hydrogen) atoms. The normalized spacial score (nSPS) is 28.5. The number of nitrogens with zero attached hydrogens (tertiary/aromatic N) is 3. The summed E-state index contributed by atoms with van der Waals surface area (Å²) < 4.78 is 35.5. The molecule has 2 aromatic heterocycles. The van der Waals surface area contributed by atoms with Crippen LogP contribution < -0.4 is 5.56 Å². The summed E-state index contributed by atoms with van der Waals surface area (Å²) in [6, 6.07) is 0. The summed E-state index contributed by atoms with van der Waals surface area (Å²) in [5, 5.41) is 9.80. The third kappa shape index (κ3) is 3.04. The van der Waals surface area contributed by atoms with Gasteiger partial charge in [0.25, 0.3) is 5.56 Å². The van der Waals surface area contributed by atoms with Crippen molar-refractivity contribution < 1.29 is 33.1 Å². The van der Waals surface area contributed by atoms with Crippen LogP contribution in [0.1, 0.15) is 6.23 Å². The molecule has 0 bridgehead atoms. The lowest BCUT2D eigenvalue weighted by Gasteiger charge is -2.15. The van der Waals surface area contributed by atoms with Gasteiger partial charge in [0.05, 0.1) is 19.3 Å². The Morgan fingerprint density at radius 1 is 1.48 bits per heavy atom. The summed E-state index contributed by atoms with van der Waals surface area (Å²) >= 11 is 0. The number of aliphatic hydroxyl groups is 1. The molecular formula is C10H12FN4O7P. The van der Waals surface area contributed by atoms with Gasteiger partial charge in [-0.15, -0.1) is 0 Å². The van der Waals surface area contributed by atoms with Crippen LogP contribution in [0.25, 0.3) is 11.2 Å². The summed E-state index contributed by atoms with van der Waals surface area (Å²) in [6.07, 6.45) is -4.04. The van der Waals surface area contributed by atoms with E-state index in [4.69, 9.17) is 14.5 Å². The molecule has 4 N–H and O–H groups in total. The van der Waals surface area contributed by atoms with Crippen LogP contribution in [-0.2, 0) is 13.8 Å². The number of nitrogens with one attached hydrogen (secondary N) is 1. The predicted octanol–water partition coefficient (Wildman–Crippen LogP) is -1.17. The van der Waals surface area contributed by atoms with Gasteiger partial charge in [0.1, 0.15) is 12.2 Å². The first kappa shape index (κ1) is 16.2. The first-order valence-electron chi connectivity index (χ1n) is 6.36. The number of fused-ring (bicyclic) bond motifs is 1. The highest BCUT2D eigenvalue weighted by atomic mass is 31.2. The van der Waals surface area contributed by atoms with E-state index in [0.717, 1.165) is 17.2 Å². The van der Waals surface area contributed by atoms with Gasteiger partial charge in [0, 0.05) is 0 Å². The monoisotopic (exact) mass is 350 g/mol. The minimum absolute atomic E-state index is 0.0345. The molecule has 4 atom stereocenters. The molecule has 0 aliphatic carbocycles. The molecule has 0 spiro atoms. The Balaban J connectivity index is 1.87. The van der Waals surface area contributed by atoms with Crippen molar-refractivity contribution in [3.8, 4) is 0 Å². The van der Waals surface area contributed by atoms with Crippen molar-refractivity contribution >= 4 is 19.0 Å². The third-order valence-corrected chi connectivity index (χ3v) is 3.83. The van der Waals surface area contributed by atoms with E-state index in [2.05, 4.69) is 19.5 Å². The fraction of sp³-hybridized carbons (Fsp3) is 0.500. The maximum absolute atomic E-state index is 14.3. The Hall–Kier alpha value is -1.69. The highest BCUT2D eigenvalue weighted by Gasteiger charge is 2.46. The number of phosphoric acid groups is 1. The number of imidazole rings is 1. The van der Waals surface area contributed by atoms with E-state index >= 15 is 0 Å². The van der Waals surface area contributed by atoms with Crippen LogP contribution in [0.5, 0.6) is 0 Å². The maximum atomic E-state index is 14.3. The lowest BCUT2D eigenvalue weighted by molar-refractivity contribution is -0.0451. The lowest BCUT2D eigenvalue weighted by Crippen LogP contribution is -2.31. The Kier molecular flexibility index (Phi) is 4.04. The summed E-state index contributed by atoms with van der Waals surface area (Å²) in [7, 11) is -4.78. The number of aromatic amines is 1. The molecule has 0 saturated carbocycles. The average molecular weight is 350 g/mol. The number of halogens is 1. The Labute approximate surface area is 126 Å². The Bertz CT molecular complexity index is 819.